The lowest BCUT2D eigenvalue weighted by Gasteiger charge is -2.41. The third-order valence-electron chi connectivity index (χ3n) is 9.43. The summed E-state index contributed by atoms with van der Waals surface area (Å²) in [4.78, 5) is 19.0. The van der Waals surface area contributed by atoms with E-state index in [4.69, 9.17) is 27.3 Å². The highest BCUT2D eigenvalue weighted by molar-refractivity contribution is 6.32. The molecular formula is C32H38ClN9. The predicted molar refractivity (Wildman–Crippen MR) is 171 cm³/mol. The molecule has 4 heterocycles. The van der Waals surface area contributed by atoms with E-state index in [0.717, 1.165) is 68.3 Å². The van der Waals surface area contributed by atoms with E-state index in [2.05, 4.69) is 66.7 Å². The third kappa shape index (κ3) is 4.79. The Balaban J connectivity index is 1.13. The number of nitrogens with one attached hydrogen (secondary N) is 1. The van der Waals surface area contributed by atoms with E-state index in [9.17, 15) is 0 Å². The first kappa shape index (κ1) is 27.2. The molecule has 1 aliphatic heterocycles. The van der Waals surface area contributed by atoms with Crippen LogP contribution in [0.4, 0.5) is 17.5 Å². The molecule has 1 aliphatic carbocycles. The van der Waals surface area contributed by atoms with Crippen LogP contribution < -0.4 is 11.1 Å². The van der Waals surface area contributed by atoms with Gasteiger partial charge in [-0.2, -0.15) is 0 Å². The highest BCUT2D eigenvalue weighted by atomic mass is 35.5. The smallest absolute Gasteiger partial charge is 0.208 e. The number of halogens is 1. The molecule has 0 amide bonds. The van der Waals surface area contributed by atoms with Gasteiger partial charge in [0.25, 0.3) is 0 Å². The summed E-state index contributed by atoms with van der Waals surface area (Å²) in [5.41, 5.74) is 13.5. The summed E-state index contributed by atoms with van der Waals surface area (Å²) in [7, 11) is 4.23. The Morgan fingerprint density at radius 3 is 2.36 bits per heavy atom. The molecule has 9 nitrogen and oxygen atoms in total. The molecule has 2 aromatic carbocycles. The molecule has 1 saturated carbocycles. The van der Waals surface area contributed by atoms with Crippen molar-refractivity contribution >= 4 is 51.1 Å². The van der Waals surface area contributed by atoms with Gasteiger partial charge in [0.1, 0.15) is 17.8 Å². The zero-order valence-electron chi connectivity index (χ0n) is 24.5. The molecule has 0 radical (unpaired) electrons. The number of nitrogens with zero attached hydrogens (tertiary/aromatic N) is 7. The minimum absolute atomic E-state index is 0.412. The number of hydrogen-bond acceptors (Lipinski definition) is 7. The summed E-state index contributed by atoms with van der Waals surface area (Å²) in [6.45, 7) is 6.73. The maximum absolute atomic E-state index is 6.47. The van der Waals surface area contributed by atoms with E-state index < -0.39 is 0 Å². The number of aromatic nitrogens is 5. The molecule has 7 rings (SSSR count). The van der Waals surface area contributed by atoms with Gasteiger partial charge in [-0.05, 0) is 75.0 Å². The van der Waals surface area contributed by atoms with Crippen LogP contribution in [0.5, 0.6) is 0 Å². The molecule has 10 heteroatoms. The predicted octanol–water partition coefficient (Wildman–Crippen LogP) is 6.00. The number of likely N-dealkylation sites (N-methyl/N-ethyl adjacent to an activating group) is 1. The van der Waals surface area contributed by atoms with E-state index in [1.807, 2.05) is 26.1 Å². The minimum atomic E-state index is 0.412. The second kappa shape index (κ2) is 10.9. The van der Waals surface area contributed by atoms with E-state index in [-0.39, 0.29) is 0 Å². The molecule has 0 bridgehead atoms. The lowest BCUT2D eigenvalue weighted by Crippen LogP contribution is -2.49. The summed E-state index contributed by atoms with van der Waals surface area (Å²) in [5, 5.41) is 5.15. The van der Waals surface area contributed by atoms with E-state index in [0.29, 0.717) is 17.9 Å². The van der Waals surface area contributed by atoms with E-state index in [1.54, 1.807) is 6.33 Å². The number of aryl methyl sites for hydroxylation is 2. The fraction of sp³-hybridized carbons (Fsp3) is 0.406. The van der Waals surface area contributed by atoms with Crippen molar-refractivity contribution in [2.75, 3.05) is 44.3 Å². The number of rotatable bonds is 5. The number of hydrogen-bond donors (Lipinski definition) is 2. The number of anilines is 3. The SMILES string of the molecule is Cc1c(Cl)ccc2nc(Nc3ccc(-c4cn([C@H]5CC[C@H](N6CCN(C)CC6)CC5)c5ncnc(N)c45)cc3)n(C)c12. The average Bonchev–Trinajstić information content (AvgIpc) is 3.55. The van der Waals surface area contributed by atoms with E-state index in [1.165, 1.54) is 39.0 Å². The van der Waals surface area contributed by atoms with Gasteiger partial charge in [0.2, 0.25) is 5.95 Å². The largest absolute Gasteiger partial charge is 0.383 e. The van der Waals surface area contributed by atoms with Crippen molar-refractivity contribution in [2.24, 2.45) is 7.05 Å². The second-order valence-corrected chi connectivity index (χ2v) is 12.4. The van der Waals surface area contributed by atoms with Gasteiger partial charge >= 0.3 is 0 Å². The summed E-state index contributed by atoms with van der Waals surface area (Å²) < 4.78 is 4.41. The molecule has 3 aromatic heterocycles. The van der Waals surface area contributed by atoms with Gasteiger partial charge in [0, 0.05) is 67.8 Å². The number of nitrogens with two attached hydrogens (primary N) is 1. The van der Waals surface area contributed by atoms with Crippen molar-refractivity contribution in [1.82, 2.24) is 33.9 Å². The first-order valence-corrected chi connectivity index (χ1v) is 15.3. The summed E-state index contributed by atoms with van der Waals surface area (Å²) in [6, 6.07) is 13.4. The molecule has 2 aliphatic rings. The van der Waals surface area contributed by atoms with Crippen molar-refractivity contribution in [3.8, 4) is 11.1 Å². The maximum atomic E-state index is 6.47. The molecule has 5 aromatic rings. The zero-order valence-corrected chi connectivity index (χ0v) is 25.3. The van der Waals surface area contributed by atoms with Crippen LogP contribution in [0.3, 0.4) is 0 Å². The lowest BCUT2D eigenvalue weighted by atomic mass is 9.89. The van der Waals surface area contributed by atoms with E-state index >= 15 is 0 Å². The highest BCUT2D eigenvalue weighted by Gasteiger charge is 2.30. The van der Waals surface area contributed by atoms with Crippen LogP contribution >= 0.6 is 11.6 Å². The average molecular weight is 584 g/mol. The first-order chi connectivity index (χ1) is 20.4. The molecule has 3 N–H and O–H groups in total. The Bertz CT molecular complexity index is 1740. The second-order valence-electron chi connectivity index (χ2n) is 11.9. The standard InChI is InChI=1S/C32H38ClN9/c1-20-26(33)12-13-27-29(20)40(3)32(38-27)37-22-6-4-21(5-7-22)25-18-42(31-28(25)30(34)35-19-36-31)24-10-8-23(9-11-24)41-16-14-39(2)15-17-41/h4-7,12-13,18-19,23-24H,8-11,14-17H2,1-3H3,(H,37,38)(H2,34,35,36)/t23-,24-. The van der Waals surface area contributed by atoms with Crippen molar-refractivity contribution in [3.63, 3.8) is 0 Å². The van der Waals surface area contributed by atoms with Gasteiger partial charge < -0.3 is 25.1 Å². The maximum Gasteiger partial charge on any atom is 0.208 e. The molecular weight excluding hydrogens is 546 g/mol. The Hall–Kier alpha value is -3.66. The Labute approximate surface area is 251 Å². The lowest BCUT2D eigenvalue weighted by molar-refractivity contribution is 0.0828. The Morgan fingerprint density at radius 1 is 0.905 bits per heavy atom. The minimum Gasteiger partial charge on any atom is -0.383 e. The van der Waals surface area contributed by atoms with Crippen molar-refractivity contribution < 1.29 is 0 Å². The van der Waals surface area contributed by atoms with Crippen LogP contribution in [-0.4, -0.2) is 73.2 Å². The van der Waals surface area contributed by atoms with Gasteiger partial charge in [0.05, 0.1) is 16.4 Å². The fourth-order valence-corrected chi connectivity index (χ4v) is 7.09. The Kier molecular flexibility index (Phi) is 7.04. The third-order valence-corrected chi connectivity index (χ3v) is 9.84. The van der Waals surface area contributed by atoms with Crippen molar-refractivity contribution in [3.05, 3.63) is 59.5 Å². The normalized spacial score (nSPS) is 20.5. The molecule has 2 fully saturated rings. The number of piperazine rings is 1. The topological polar surface area (TPSA) is 93.1 Å². The Morgan fingerprint density at radius 2 is 1.62 bits per heavy atom. The zero-order chi connectivity index (χ0) is 29.0. The highest BCUT2D eigenvalue weighted by Crippen LogP contribution is 2.39. The van der Waals surface area contributed by atoms with Crippen molar-refractivity contribution in [2.45, 2.75) is 44.7 Å². The first-order valence-electron chi connectivity index (χ1n) is 14.9. The number of fused-ring (bicyclic) bond motifs is 2. The molecule has 0 atom stereocenters. The number of benzene rings is 2. The summed E-state index contributed by atoms with van der Waals surface area (Å²) in [5.74, 6) is 1.29. The van der Waals surface area contributed by atoms with Crippen LogP contribution in [0.25, 0.3) is 33.2 Å². The number of imidazole rings is 1. The van der Waals surface area contributed by atoms with Crippen LogP contribution in [0.15, 0.2) is 48.9 Å². The molecule has 0 unspecified atom stereocenters. The van der Waals surface area contributed by atoms with Gasteiger partial charge in [-0.25, -0.2) is 15.0 Å². The molecule has 218 valence electrons. The molecule has 0 spiro atoms. The van der Waals surface area contributed by atoms with Crippen LogP contribution in [0, 0.1) is 6.92 Å². The fourth-order valence-electron chi connectivity index (χ4n) is 6.94. The molecule has 42 heavy (non-hydrogen) atoms. The van der Waals surface area contributed by atoms with Gasteiger partial charge in [-0.15, -0.1) is 0 Å². The van der Waals surface area contributed by atoms with Crippen LogP contribution in [0.2, 0.25) is 5.02 Å². The van der Waals surface area contributed by atoms with Gasteiger partial charge in [-0.1, -0.05) is 23.7 Å². The van der Waals surface area contributed by atoms with Crippen molar-refractivity contribution in [1.29, 1.82) is 0 Å². The quantitative estimate of drug-likeness (QED) is 0.262. The van der Waals surface area contributed by atoms with Crippen LogP contribution in [-0.2, 0) is 7.05 Å². The summed E-state index contributed by atoms with van der Waals surface area (Å²) in [6.07, 6.45) is 8.57. The number of nitrogen functional groups attached to an aromatic ring is 1. The summed E-state index contributed by atoms with van der Waals surface area (Å²) >= 11 is 6.37. The van der Waals surface area contributed by atoms with Gasteiger partial charge in [0.15, 0.2) is 0 Å². The monoisotopic (exact) mass is 583 g/mol. The molecule has 1 saturated heterocycles. The van der Waals surface area contributed by atoms with Crippen LogP contribution in [0.1, 0.15) is 37.3 Å². The van der Waals surface area contributed by atoms with Gasteiger partial charge in [-0.3, -0.25) is 4.90 Å².